The van der Waals surface area contributed by atoms with E-state index in [0.29, 0.717) is 0 Å². The molecule has 4 aromatic heterocycles. The van der Waals surface area contributed by atoms with Gasteiger partial charge in [0.2, 0.25) is 0 Å². The molecule has 0 aliphatic carbocycles. The maximum absolute atomic E-state index is 5.09. The summed E-state index contributed by atoms with van der Waals surface area (Å²) in [6, 6.07) is 51.1. The third-order valence-corrected chi connectivity index (χ3v) is 9.13. The lowest BCUT2D eigenvalue weighted by atomic mass is 9.97. The fourth-order valence-corrected chi connectivity index (χ4v) is 7.04. The minimum atomic E-state index is 0.926. The van der Waals surface area contributed by atoms with Crippen molar-refractivity contribution in [2.24, 2.45) is 0 Å². The highest BCUT2D eigenvalue weighted by atomic mass is 15.1. The molecule has 5 nitrogen and oxygen atoms in total. The molecule has 4 heterocycles. The molecule has 0 atom stereocenters. The molecule has 0 unspecified atom stereocenters. The van der Waals surface area contributed by atoms with E-state index in [1.807, 2.05) is 30.5 Å². The summed E-state index contributed by atoms with van der Waals surface area (Å²) >= 11 is 0. The van der Waals surface area contributed by atoms with Gasteiger partial charge in [-0.25, -0.2) is 9.97 Å². The summed E-state index contributed by atoms with van der Waals surface area (Å²) in [5.74, 6) is 0.926. The Morgan fingerprint density at radius 2 is 1.20 bits per heavy atom. The van der Waals surface area contributed by atoms with Gasteiger partial charge in [0.15, 0.2) is 0 Å². The van der Waals surface area contributed by atoms with E-state index in [9.17, 15) is 0 Å². The van der Waals surface area contributed by atoms with Gasteiger partial charge in [-0.05, 0) is 71.8 Å². The fraction of sp³-hybridized carbons (Fsp3) is 0. The van der Waals surface area contributed by atoms with E-state index < -0.39 is 0 Å². The number of fused-ring (bicyclic) bond motifs is 11. The molecule has 0 saturated heterocycles. The number of hydrogen-bond acceptors (Lipinski definition) is 3. The van der Waals surface area contributed by atoms with E-state index in [0.717, 1.165) is 88.5 Å². The van der Waals surface area contributed by atoms with Crippen LogP contribution in [0.25, 0.3) is 88.5 Å². The van der Waals surface area contributed by atoms with Crippen molar-refractivity contribution in [3.63, 3.8) is 0 Å². The second kappa shape index (κ2) is 9.58. The van der Waals surface area contributed by atoms with Gasteiger partial charge in [0.1, 0.15) is 11.5 Å². The zero-order chi connectivity index (χ0) is 30.2. The minimum Gasteiger partial charge on any atom is -0.292 e. The molecule has 0 aliphatic rings. The topological polar surface area (TPSA) is 48.0 Å². The smallest absolute Gasteiger partial charge is 0.146 e. The van der Waals surface area contributed by atoms with Gasteiger partial charge in [0.05, 0.1) is 33.1 Å². The molecular formula is C41H25N5. The van der Waals surface area contributed by atoms with Crippen molar-refractivity contribution in [3.05, 3.63) is 152 Å². The standard InChI is InChI=1S/C41H25N5/c1-2-10-30(11-3-1)45-36-14-6-4-12-33(36)43-40(45)28-18-16-26(17-19-28)29-21-23-35-32(25-29)38-31(22-20-27-9-8-24-42-39(27)38)41-44-34-13-5-7-15-37(34)46(35)41/h1-25H. The molecule has 0 amide bonds. The van der Waals surface area contributed by atoms with Crippen LogP contribution in [0.4, 0.5) is 0 Å². The number of rotatable bonds is 3. The van der Waals surface area contributed by atoms with E-state index >= 15 is 0 Å². The molecule has 0 saturated carbocycles. The van der Waals surface area contributed by atoms with Crippen LogP contribution in [0, 0.1) is 0 Å². The third kappa shape index (κ3) is 3.60. The summed E-state index contributed by atoms with van der Waals surface area (Å²) < 4.78 is 4.54. The number of para-hydroxylation sites is 5. The number of hydrogen-bond donors (Lipinski definition) is 0. The number of aromatic nitrogens is 5. The SMILES string of the molecule is c1ccc(-n2c(-c3ccc(-c4ccc5c(c4)c4c(ccc6cccnc64)c4nc6ccccc6n54)cc3)nc3ccccc32)cc1. The summed E-state index contributed by atoms with van der Waals surface area (Å²) in [7, 11) is 0. The molecule has 46 heavy (non-hydrogen) atoms. The van der Waals surface area contributed by atoms with Crippen LogP contribution in [0.1, 0.15) is 0 Å². The second-order valence-corrected chi connectivity index (χ2v) is 11.7. The lowest BCUT2D eigenvalue weighted by Gasteiger charge is -2.13. The number of pyridine rings is 2. The maximum atomic E-state index is 5.09. The summed E-state index contributed by atoms with van der Waals surface area (Å²) in [5, 5.41) is 4.50. The summed E-state index contributed by atoms with van der Waals surface area (Å²) in [6.45, 7) is 0. The maximum Gasteiger partial charge on any atom is 0.146 e. The average molecular weight is 588 g/mol. The Hall–Kier alpha value is -6.33. The van der Waals surface area contributed by atoms with Crippen LogP contribution in [0.3, 0.4) is 0 Å². The Bertz CT molecular complexity index is 2790. The number of imidazole rings is 2. The minimum absolute atomic E-state index is 0.926. The third-order valence-electron chi connectivity index (χ3n) is 9.13. The molecule has 0 bridgehead atoms. The van der Waals surface area contributed by atoms with Crippen LogP contribution in [0.5, 0.6) is 0 Å². The van der Waals surface area contributed by atoms with Gasteiger partial charge in [0.25, 0.3) is 0 Å². The normalized spacial score (nSPS) is 11.9. The Morgan fingerprint density at radius 3 is 2.04 bits per heavy atom. The highest BCUT2D eigenvalue weighted by Crippen LogP contribution is 2.38. The predicted molar refractivity (Wildman–Crippen MR) is 189 cm³/mol. The first-order valence-electron chi connectivity index (χ1n) is 15.5. The average Bonchev–Trinajstić information content (AvgIpc) is 3.71. The lowest BCUT2D eigenvalue weighted by molar-refractivity contribution is 1.10. The quantitative estimate of drug-likeness (QED) is 0.193. The molecule has 0 aliphatic heterocycles. The van der Waals surface area contributed by atoms with Crippen LogP contribution in [0.2, 0.25) is 0 Å². The van der Waals surface area contributed by atoms with Crippen molar-refractivity contribution in [1.82, 2.24) is 23.9 Å². The predicted octanol–water partition coefficient (Wildman–Crippen LogP) is 10.0. The van der Waals surface area contributed by atoms with Gasteiger partial charge in [-0.2, -0.15) is 0 Å². The van der Waals surface area contributed by atoms with Gasteiger partial charge < -0.3 is 0 Å². The van der Waals surface area contributed by atoms with Crippen LogP contribution in [-0.4, -0.2) is 23.9 Å². The zero-order valence-corrected chi connectivity index (χ0v) is 24.7. The summed E-state index contributed by atoms with van der Waals surface area (Å²) in [6.07, 6.45) is 1.88. The molecule has 0 fully saturated rings. The lowest BCUT2D eigenvalue weighted by Crippen LogP contribution is -1.97. The van der Waals surface area contributed by atoms with Crippen LogP contribution in [-0.2, 0) is 0 Å². The molecule has 0 spiro atoms. The molecule has 0 N–H and O–H groups in total. The number of nitrogens with zero attached hydrogens (tertiary/aromatic N) is 5. The van der Waals surface area contributed by atoms with Gasteiger partial charge in [-0.3, -0.25) is 14.0 Å². The monoisotopic (exact) mass is 587 g/mol. The first-order valence-corrected chi connectivity index (χ1v) is 15.5. The molecule has 10 rings (SSSR count). The number of benzene rings is 6. The highest BCUT2D eigenvalue weighted by Gasteiger charge is 2.18. The first-order chi connectivity index (χ1) is 22.8. The molecule has 214 valence electrons. The molecule has 10 aromatic rings. The Kier molecular flexibility index (Phi) is 5.22. The molecule has 6 aromatic carbocycles. The Morgan fingerprint density at radius 1 is 0.478 bits per heavy atom. The second-order valence-electron chi connectivity index (χ2n) is 11.7. The largest absolute Gasteiger partial charge is 0.292 e. The van der Waals surface area contributed by atoms with Crippen molar-refractivity contribution in [1.29, 1.82) is 0 Å². The van der Waals surface area contributed by atoms with Crippen molar-refractivity contribution in [2.75, 3.05) is 0 Å². The zero-order valence-electron chi connectivity index (χ0n) is 24.7. The van der Waals surface area contributed by atoms with Crippen LogP contribution in [0.15, 0.2) is 152 Å². The van der Waals surface area contributed by atoms with E-state index in [4.69, 9.17) is 15.0 Å². The van der Waals surface area contributed by atoms with Crippen LogP contribution < -0.4 is 0 Å². The first kappa shape index (κ1) is 25.0. The van der Waals surface area contributed by atoms with Gasteiger partial charge >= 0.3 is 0 Å². The Labute approximate surface area is 263 Å². The van der Waals surface area contributed by atoms with Crippen LogP contribution >= 0.6 is 0 Å². The van der Waals surface area contributed by atoms with Crippen molar-refractivity contribution >= 4 is 60.3 Å². The van der Waals surface area contributed by atoms with Crippen molar-refractivity contribution in [3.8, 4) is 28.2 Å². The van der Waals surface area contributed by atoms with E-state index in [1.165, 1.54) is 0 Å². The van der Waals surface area contributed by atoms with Crippen molar-refractivity contribution in [2.45, 2.75) is 0 Å². The van der Waals surface area contributed by atoms with E-state index in [-0.39, 0.29) is 0 Å². The van der Waals surface area contributed by atoms with Gasteiger partial charge in [-0.15, -0.1) is 0 Å². The fourth-order valence-electron chi connectivity index (χ4n) is 7.04. The Balaban J connectivity index is 1.19. The highest BCUT2D eigenvalue weighted by molar-refractivity contribution is 6.23. The summed E-state index contributed by atoms with van der Waals surface area (Å²) in [4.78, 5) is 15.0. The van der Waals surface area contributed by atoms with Crippen molar-refractivity contribution < 1.29 is 0 Å². The molecule has 0 radical (unpaired) electrons. The molecule has 5 heteroatoms. The van der Waals surface area contributed by atoms with Gasteiger partial charge in [0, 0.05) is 39.0 Å². The molecular weight excluding hydrogens is 562 g/mol. The van der Waals surface area contributed by atoms with E-state index in [2.05, 4.69) is 130 Å². The summed E-state index contributed by atoms with van der Waals surface area (Å²) in [5.41, 5.74) is 11.7. The van der Waals surface area contributed by atoms with E-state index in [1.54, 1.807) is 0 Å². The van der Waals surface area contributed by atoms with Gasteiger partial charge in [-0.1, -0.05) is 84.9 Å².